The molecule has 0 spiro atoms. The van der Waals surface area contributed by atoms with E-state index in [0.29, 0.717) is 13.1 Å². The van der Waals surface area contributed by atoms with Crippen LogP contribution in [0.3, 0.4) is 0 Å². The molecule has 1 heterocycles. The number of anilines is 1. The minimum atomic E-state index is -3.46. The normalized spacial score (nSPS) is 17.5. The summed E-state index contributed by atoms with van der Waals surface area (Å²) in [5, 5.41) is 5.32. The summed E-state index contributed by atoms with van der Waals surface area (Å²) in [6.45, 7) is 13.0. The number of sulfonamides is 1. The van der Waals surface area contributed by atoms with Crippen molar-refractivity contribution in [2.45, 2.75) is 45.6 Å². The highest BCUT2D eigenvalue weighted by Gasteiger charge is 2.38. The van der Waals surface area contributed by atoms with Crippen LogP contribution in [0.25, 0.3) is 11.6 Å². The smallest absolute Gasteiger partial charge is 0.218 e. The summed E-state index contributed by atoms with van der Waals surface area (Å²) in [6, 6.07) is 11.2. The molecule has 1 aliphatic heterocycles. The molecular weight excluding hydrogens is 480 g/mol. The Kier molecular flexibility index (Phi) is 7.21. The number of fused-ring (bicyclic) bond motifs is 3. The van der Waals surface area contributed by atoms with Gasteiger partial charge in [-0.3, -0.25) is 0 Å². The van der Waals surface area contributed by atoms with E-state index in [-0.39, 0.29) is 16.7 Å². The first kappa shape index (κ1) is 27.6. The van der Waals surface area contributed by atoms with Gasteiger partial charge in [0.15, 0.2) is 5.54 Å². The molecule has 0 amide bonds. The molecule has 0 saturated heterocycles. The topological polar surface area (TPSA) is 55.7 Å². The van der Waals surface area contributed by atoms with Crippen LogP contribution < -0.4 is 25.4 Å². The molecule has 0 unspecified atom stereocenters. The molecule has 0 radical (unpaired) electrons. The number of rotatable bonds is 8. The van der Waals surface area contributed by atoms with Gasteiger partial charge in [-0.2, -0.15) is 0 Å². The van der Waals surface area contributed by atoms with Gasteiger partial charge in [0.05, 0.1) is 11.3 Å². The fourth-order valence-corrected chi connectivity index (χ4v) is 7.07. The molecule has 0 saturated carbocycles. The molecule has 1 aliphatic carbocycles. The summed E-state index contributed by atoms with van der Waals surface area (Å²) in [4.78, 5) is 2.14. The van der Waals surface area contributed by atoms with Crippen LogP contribution in [0.5, 0.6) is 0 Å². The van der Waals surface area contributed by atoms with Crippen molar-refractivity contribution < 1.29 is 8.42 Å². The first-order valence-electron chi connectivity index (χ1n) is 13.2. The maximum absolute atomic E-state index is 13.4. The molecule has 0 atom stereocenters. The van der Waals surface area contributed by atoms with Crippen molar-refractivity contribution in [1.82, 2.24) is 14.2 Å². The second-order valence-corrected chi connectivity index (χ2v) is 13.7. The first-order valence-corrected chi connectivity index (χ1v) is 14.8. The van der Waals surface area contributed by atoms with Gasteiger partial charge in [-0.1, -0.05) is 19.9 Å². The monoisotopic (exact) mass is 523 g/mol. The molecule has 1 N–H and O–H groups in total. The largest absolute Gasteiger partial charge is 0.378 e. The minimum absolute atomic E-state index is 0.00778. The van der Waals surface area contributed by atoms with E-state index in [1.165, 1.54) is 26.7 Å². The van der Waals surface area contributed by atoms with Crippen molar-refractivity contribution >= 4 is 27.4 Å². The summed E-state index contributed by atoms with van der Waals surface area (Å²) in [6.07, 6.45) is 4.41. The van der Waals surface area contributed by atoms with Crippen molar-refractivity contribution in [3.05, 3.63) is 69.2 Å². The molecule has 0 aromatic heterocycles. The van der Waals surface area contributed by atoms with Crippen molar-refractivity contribution in [3.63, 3.8) is 0 Å². The Bertz CT molecular complexity index is 1480. The number of likely N-dealkylation sites (N-methyl/N-ethyl adjacent to an activating group) is 3. The van der Waals surface area contributed by atoms with Gasteiger partial charge in [-0.15, -0.1) is 0 Å². The zero-order chi connectivity index (χ0) is 27.3. The van der Waals surface area contributed by atoms with E-state index in [1.54, 1.807) is 7.05 Å². The van der Waals surface area contributed by atoms with Gasteiger partial charge in [-0.05, 0) is 71.8 Å². The first-order chi connectivity index (χ1) is 17.2. The zero-order valence-corrected chi connectivity index (χ0v) is 24.8. The highest BCUT2D eigenvalue weighted by Crippen LogP contribution is 2.37. The average Bonchev–Trinajstić information content (AvgIpc) is 2.81. The van der Waals surface area contributed by atoms with Crippen LogP contribution in [0.15, 0.2) is 36.4 Å². The molecular formula is C30H43N4O2S+. The van der Waals surface area contributed by atoms with E-state index in [1.807, 2.05) is 7.05 Å². The van der Waals surface area contributed by atoms with Gasteiger partial charge in [-0.25, -0.2) is 17.3 Å². The van der Waals surface area contributed by atoms with Crippen LogP contribution in [0.1, 0.15) is 56.9 Å². The van der Waals surface area contributed by atoms with Crippen LogP contribution in [0.2, 0.25) is 0 Å². The number of nitrogens with one attached hydrogen (secondary N) is 1. The van der Waals surface area contributed by atoms with Gasteiger partial charge in [0, 0.05) is 65.2 Å². The Hall–Kier alpha value is -2.48. The van der Waals surface area contributed by atoms with E-state index in [0.717, 1.165) is 28.3 Å². The highest BCUT2D eigenvalue weighted by atomic mass is 32.2. The van der Waals surface area contributed by atoms with Crippen LogP contribution >= 0.6 is 0 Å². The van der Waals surface area contributed by atoms with Gasteiger partial charge in [0.2, 0.25) is 15.4 Å². The average molecular weight is 524 g/mol. The zero-order valence-electron chi connectivity index (χ0n) is 23.9. The summed E-state index contributed by atoms with van der Waals surface area (Å²) >= 11 is 0. The molecule has 2 aromatic rings. The fraction of sp³-hybridized carbons (Fsp3) is 0.500. The molecule has 2 aliphatic rings. The predicted molar refractivity (Wildman–Crippen MR) is 156 cm³/mol. The van der Waals surface area contributed by atoms with E-state index in [9.17, 15) is 8.42 Å². The third-order valence-corrected chi connectivity index (χ3v) is 9.85. The SMILES string of the molecule is CC[N+]1=c2cc3c(cc2C(CS(=O)(=O)N(C)CCNC)=CC1(C)C)=Cc1ccc(N(C)C)cc1C3(C)C. The lowest BCUT2D eigenvalue weighted by Crippen LogP contribution is -2.51. The summed E-state index contributed by atoms with van der Waals surface area (Å²) in [5.74, 6) is -0.00778. The van der Waals surface area contributed by atoms with Gasteiger partial charge >= 0.3 is 0 Å². The second-order valence-electron chi connectivity index (χ2n) is 11.6. The Morgan fingerprint density at radius 2 is 1.70 bits per heavy atom. The quantitative estimate of drug-likeness (QED) is 0.540. The van der Waals surface area contributed by atoms with Crippen LogP contribution in [0, 0.1) is 0 Å². The van der Waals surface area contributed by atoms with Crippen molar-refractivity contribution in [2.24, 2.45) is 0 Å². The third kappa shape index (κ3) is 4.89. The lowest BCUT2D eigenvalue weighted by molar-refractivity contribution is 0.401. The van der Waals surface area contributed by atoms with Gasteiger partial charge in [0.25, 0.3) is 0 Å². The fourth-order valence-electron chi connectivity index (χ4n) is 5.85. The molecule has 200 valence electrons. The lowest BCUT2D eigenvalue weighted by atomic mass is 9.71. The maximum Gasteiger partial charge on any atom is 0.218 e. The lowest BCUT2D eigenvalue weighted by Gasteiger charge is -2.34. The highest BCUT2D eigenvalue weighted by molar-refractivity contribution is 7.89. The maximum atomic E-state index is 13.4. The summed E-state index contributed by atoms with van der Waals surface area (Å²) in [7, 11) is 4.19. The summed E-state index contributed by atoms with van der Waals surface area (Å²) < 4.78 is 30.6. The van der Waals surface area contributed by atoms with Crippen molar-refractivity contribution in [2.75, 3.05) is 58.5 Å². The molecule has 0 fully saturated rings. The summed E-state index contributed by atoms with van der Waals surface area (Å²) in [5.41, 5.74) is 6.41. The minimum Gasteiger partial charge on any atom is -0.378 e. The van der Waals surface area contributed by atoms with Gasteiger partial charge < -0.3 is 10.2 Å². The third-order valence-electron chi connectivity index (χ3n) is 8.04. The predicted octanol–water partition coefficient (Wildman–Crippen LogP) is 2.39. The van der Waals surface area contributed by atoms with E-state index < -0.39 is 10.0 Å². The number of hydrogen-bond donors (Lipinski definition) is 1. The Balaban J connectivity index is 1.94. The molecule has 0 bridgehead atoms. The van der Waals surface area contributed by atoms with Crippen molar-refractivity contribution in [3.8, 4) is 0 Å². The molecule has 37 heavy (non-hydrogen) atoms. The Labute approximate surface area is 223 Å². The Morgan fingerprint density at radius 1 is 1.00 bits per heavy atom. The second kappa shape index (κ2) is 9.68. The number of hydrogen-bond acceptors (Lipinski definition) is 4. The van der Waals surface area contributed by atoms with Crippen molar-refractivity contribution in [1.29, 1.82) is 0 Å². The molecule has 4 rings (SSSR count). The van der Waals surface area contributed by atoms with E-state index in [4.69, 9.17) is 0 Å². The molecule has 2 aromatic carbocycles. The molecule has 7 heteroatoms. The molecule has 6 nitrogen and oxygen atoms in total. The van der Waals surface area contributed by atoms with E-state index in [2.05, 4.69) is 106 Å². The Morgan fingerprint density at radius 3 is 2.32 bits per heavy atom. The number of benzene rings is 2. The standard InChI is InChI=1S/C30H43N4O2S/c1-10-34-28-18-27-22(15-21-11-12-24(32(7)8)17-26(21)30(27,4)5)16-25(28)23(19-29(34,2)3)20-37(35,36)33(9)14-13-31-6/h11-12,15-19,31H,10,13-14,20H2,1-9H3/q+1. The number of nitrogens with zero attached hydrogens (tertiary/aromatic N) is 3. The van der Waals surface area contributed by atoms with Crippen LogP contribution in [-0.2, 0) is 15.4 Å². The van der Waals surface area contributed by atoms with E-state index >= 15 is 0 Å². The van der Waals surface area contributed by atoms with Gasteiger partial charge in [0.1, 0.15) is 6.54 Å². The van der Waals surface area contributed by atoms with Crippen LogP contribution in [0.4, 0.5) is 5.69 Å². The van der Waals surface area contributed by atoms with Crippen LogP contribution in [-0.4, -0.2) is 71.8 Å².